The summed E-state index contributed by atoms with van der Waals surface area (Å²) in [7, 11) is 0. The van der Waals surface area contributed by atoms with E-state index >= 15 is 0 Å². The third-order valence-electron chi connectivity index (χ3n) is 3.05. The smallest absolute Gasteiger partial charge is 0.127 e. The van der Waals surface area contributed by atoms with Crippen LogP contribution in [0, 0.1) is 0 Å². The fourth-order valence-corrected chi connectivity index (χ4v) is 3.20. The second-order valence-electron chi connectivity index (χ2n) is 4.52. The van der Waals surface area contributed by atoms with E-state index in [-0.39, 0.29) is 0 Å². The highest BCUT2D eigenvalue weighted by Crippen LogP contribution is 2.34. The quantitative estimate of drug-likeness (QED) is 0.710. The van der Waals surface area contributed by atoms with Gasteiger partial charge in [-0.15, -0.1) is 11.3 Å². The Labute approximate surface area is 132 Å². The van der Waals surface area contributed by atoms with Crippen molar-refractivity contribution in [1.29, 1.82) is 0 Å². The van der Waals surface area contributed by atoms with Crippen molar-refractivity contribution in [3.63, 3.8) is 0 Å². The lowest BCUT2D eigenvalue weighted by molar-refractivity contribution is 0.224. The monoisotopic (exact) mass is 316 g/mol. The molecule has 0 fully saturated rings. The van der Waals surface area contributed by atoms with Crippen LogP contribution in [0.2, 0.25) is 5.02 Å². The van der Waals surface area contributed by atoms with Crippen molar-refractivity contribution < 1.29 is 9.84 Å². The molecule has 1 N–H and O–H groups in total. The highest BCUT2D eigenvalue weighted by atomic mass is 35.5. The first-order chi connectivity index (χ1) is 10.2. The van der Waals surface area contributed by atoms with Crippen LogP contribution in [0.15, 0.2) is 66.0 Å². The molecule has 0 saturated carbocycles. The van der Waals surface area contributed by atoms with Crippen LogP contribution in [-0.4, -0.2) is 5.11 Å². The number of aliphatic hydroxyl groups excluding tert-OH is 1. The Hall–Kier alpha value is -1.81. The summed E-state index contributed by atoms with van der Waals surface area (Å²) in [5.74, 6) is 1.45. The number of hydrogen-bond acceptors (Lipinski definition) is 3. The molecule has 0 radical (unpaired) electrons. The summed E-state index contributed by atoms with van der Waals surface area (Å²) in [6, 6.07) is 18.7. The highest BCUT2D eigenvalue weighted by molar-refractivity contribution is 7.10. The lowest BCUT2D eigenvalue weighted by Gasteiger charge is -2.12. The van der Waals surface area contributed by atoms with Crippen LogP contribution in [0.1, 0.15) is 16.5 Å². The van der Waals surface area contributed by atoms with E-state index in [2.05, 4.69) is 0 Å². The van der Waals surface area contributed by atoms with Crippen molar-refractivity contribution >= 4 is 22.9 Å². The number of halogens is 1. The van der Waals surface area contributed by atoms with Gasteiger partial charge in [-0.25, -0.2) is 0 Å². The van der Waals surface area contributed by atoms with Gasteiger partial charge in [0.05, 0.1) is 9.90 Å². The normalized spacial score (nSPS) is 12.1. The zero-order valence-corrected chi connectivity index (χ0v) is 12.6. The molecule has 1 heterocycles. The Morgan fingerprint density at radius 1 is 0.952 bits per heavy atom. The van der Waals surface area contributed by atoms with Crippen LogP contribution < -0.4 is 4.74 Å². The van der Waals surface area contributed by atoms with Crippen LogP contribution >= 0.6 is 22.9 Å². The van der Waals surface area contributed by atoms with Crippen LogP contribution in [-0.2, 0) is 0 Å². The third-order valence-corrected chi connectivity index (χ3v) is 4.46. The topological polar surface area (TPSA) is 29.5 Å². The summed E-state index contributed by atoms with van der Waals surface area (Å²) in [5, 5.41) is 12.9. The van der Waals surface area contributed by atoms with Crippen LogP contribution in [0.3, 0.4) is 0 Å². The molecule has 1 unspecified atom stereocenters. The SMILES string of the molecule is OC(c1cccc(Oc2ccccc2)c1)c1sccc1Cl. The lowest BCUT2D eigenvalue weighted by atomic mass is 10.1. The van der Waals surface area contributed by atoms with Gasteiger partial charge in [0.15, 0.2) is 0 Å². The molecule has 1 aromatic heterocycles. The first kappa shape index (κ1) is 14.1. The fourth-order valence-electron chi connectivity index (χ4n) is 2.02. The molecule has 0 aliphatic heterocycles. The molecule has 2 nitrogen and oxygen atoms in total. The minimum Gasteiger partial charge on any atom is -0.457 e. The maximum absolute atomic E-state index is 10.4. The molecule has 0 spiro atoms. The van der Waals surface area contributed by atoms with E-state index in [1.54, 1.807) is 6.07 Å². The summed E-state index contributed by atoms with van der Waals surface area (Å²) in [5.41, 5.74) is 0.757. The van der Waals surface area contributed by atoms with Crippen molar-refractivity contribution in [2.75, 3.05) is 0 Å². The average molecular weight is 317 g/mol. The number of aliphatic hydroxyl groups is 1. The maximum Gasteiger partial charge on any atom is 0.127 e. The summed E-state index contributed by atoms with van der Waals surface area (Å²) in [4.78, 5) is 0.744. The third kappa shape index (κ3) is 3.27. The van der Waals surface area contributed by atoms with Gasteiger partial charge in [0.25, 0.3) is 0 Å². The number of rotatable bonds is 4. The molecule has 106 valence electrons. The average Bonchev–Trinajstić information content (AvgIpc) is 2.94. The van der Waals surface area contributed by atoms with Gasteiger partial charge in [-0.3, -0.25) is 0 Å². The molecule has 21 heavy (non-hydrogen) atoms. The van der Waals surface area contributed by atoms with Crippen LogP contribution in [0.4, 0.5) is 0 Å². The largest absolute Gasteiger partial charge is 0.457 e. The number of thiophene rings is 1. The van der Waals surface area contributed by atoms with Gasteiger partial charge in [-0.05, 0) is 41.3 Å². The number of hydrogen-bond donors (Lipinski definition) is 1. The maximum atomic E-state index is 10.4. The molecular weight excluding hydrogens is 304 g/mol. The molecule has 1 atom stereocenters. The number of benzene rings is 2. The van der Waals surface area contributed by atoms with Crippen molar-refractivity contribution in [3.05, 3.63) is 81.5 Å². The Morgan fingerprint density at radius 2 is 1.71 bits per heavy atom. The highest BCUT2D eigenvalue weighted by Gasteiger charge is 2.16. The van der Waals surface area contributed by atoms with Crippen LogP contribution in [0.25, 0.3) is 0 Å². The Morgan fingerprint density at radius 3 is 2.43 bits per heavy atom. The minimum atomic E-state index is -0.739. The number of para-hydroxylation sites is 1. The second kappa shape index (κ2) is 6.31. The molecule has 0 bridgehead atoms. The Kier molecular flexibility index (Phi) is 4.25. The molecule has 2 aromatic carbocycles. The molecule has 0 aliphatic rings. The molecule has 4 heteroatoms. The fraction of sp³-hybridized carbons (Fsp3) is 0.0588. The molecule has 3 rings (SSSR count). The van der Waals surface area contributed by atoms with Crippen molar-refractivity contribution in [1.82, 2.24) is 0 Å². The van der Waals surface area contributed by atoms with E-state index in [1.807, 2.05) is 60.0 Å². The van der Waals surface area contributed by atoms with Crippen molar-refractivity contribution in [2.45, 2.75) is 6.10 Å². The van der Waals surface area contributed by atoms with E-state index in [1.165, 1.54) is 11.3 Å². The molecule has 0 amide bonds. The molecule has 0 aliphatic carbocycles. The first-order valence-electron chi connectivity index (χ1n) is 6.48. The van der Waals surface area contributed by atoms with Gasteiger partial charge in [0.1, 0.15) is 17.6 Å². The summed E-state index contributed by atoms with van der Waals surface area (Å²) < 4.78 is 5.78. The predicted molar refractivity (Wildman–Crippen MR) is 86.3 cm³/mol. The van der Waals surface area contributed by atoms with Gasteiger partial charge in [0, 0.05) is 0 Å². The van der Waals surface area contributed by atoms with E-state index < -0.39 is 6.10 Å². The van der Waals surface area contributed by atoms with Gasteiger partial charge < -0.3 is 9.84 Å². The van der Waals surface area contributed by atoms with E-state index in [0.717, 1.165) is 16.2 Å². The van der Waals surface area contributed by atoms with Gasteiger partial charge >= 0.3 is 0 Å². The van der Waals surface area contributed by atoms with E-state index in [9.17, 15) is 5.11 Å². The summed E-state index contributed by atoms with van der Waals surface area (Å²) in [6.45, 7) is 0. The molecule has 0 saturated heterocycles. The number of ether oxygens (including phenoxy) is 1. The van der Waals surface area contributed by atoms with Crippen LogP contribution in [0.5, 0.6) is 11.5 Å². The van der Waals surface area contributed by atoms with Crippen molar-refractivity contribution in [3.8, 4) is 11.5 Å². The van der Waals surface area contributed by atoms with Gasteiger partial charge in [-0.2, -0.15) is 0 Å². The molecule has 3 aromatic rings. The lowest BCUT2D eigenvalue weighted by Crippen LogP contribution is -1.98. The zero-order chi connectivity index (χ0) is 14.7. The standard InChI is InChI=1S/C17H13ClO2S/c18-15-9-10-21-17(15)16(19)12-5-4-8-14(11-12)20-13-6-2-1-3-7-13/h1-11,16,19H. The van der Waals surface area contributed by atoms with E-state index in [0.29, 0.717) is 10.8 Å². The van der Waals surface area contributed by atoms with Gasteiger partial charge in [-0.1, -0.05) is 41.9 Å². The second-order valence-corrected chi connectivity index (χ2v) is 5.88. The zero-order valence-electron chi connectivity index (χ0n) is 11.1. The Balaban J connectivity index is 1.85. The van der Waals surface area contributed by atoms with Gasteiger partial charge in [0.2, 0.25) is 0 Å². The summed E-state index contributed by atoms with van der Waals surface area (Å²) >= 11 is 7.51. The Bertz CT molecular complexity index is 724. The predicted octanol–water partition coefficient (Wildman–Crippen LogP) is 5.28. The first-order valence-corrected chi connectivity index (χ1v) is 7.73. The van der Waals surface area contributed by atoms with Crippen molar-refractivity contribution in [2.24, 2.45) is 0 Å². The minimum absolute atomic E-state index is 0.585. The van der Waals surface area contributed by atoms with E-state index in [4.69, 9.17) is 16.3 Å². The summed E-state index contributed by atoms with van der Waals surface area (Å²) in [6.07, 6.45) is -0.739. The molecular formula is C17H13ClO2S.